The molecule has 0 saturated heterocycles. The average molecular weight is 169 g/mol. The van der Waals surface area contributed by atoms with Crippen LogP contribution in [0.4, 0.5) is 4.39 Å². The second kappa shape index (κ2) is 4.07. The number of nitrogens with two attached hydrogens (primary N) is 1. The number of hydrogen-bond donors (Lipinski definition) is 1. The van der Waals surface area contributed by atoms with Gasteiger partial charge in [0.15, 0.2) is 0 Å². The Morgan fingerprint density at radius 2 is 2.25 bits per heavy atom. The van der Waals surface area contributed by atoms with E-state index in [1.165, 1.54) is 19.2 Å². The van der Waals surface area contributed by atoms with Gasteiger partial charge in [0, 0.05) is 6.07 Å². The summed E-state index contributed by atoms with van der Waals surface area (Å²) >= 11 is 0. The van der Waals surface area contributed by atoms with Gasteiger partial charge in [-0.1, -0.05) is 6.07 Å². The molecule has 0 amide bonds. The van der Waals surface area contributed by atoms with E-state index in [2.05, 4.69) is 0 Å². The van der Waals surface area contributed by atoms with Gasteiger partial charge in [-0.25, -0.2) is 4.39 Å². The van der Waals surface area contributed by atoms with Gasteiger partial charge in [-0.05, 0) is 24.6 Å². The molecule has 2 N–H and O–H groups in total. The molecule has 0 heterocycles. The fraction of sp³-hybridized carbons (Fsp3) is 0.333. The molecule has 0 aliphatic heterocycles. The van der Waals surface area contributed by atoms with Crippen LogP contribution in [0.2, 0.25) is 0 Å². The highest BCUT2D eigenvalue weighted by Gasteiger charge is 2.02. The molecule has 0 aromatic heterocycles. The molecule has 0 bridgehead atoms. The molecule has 1 rings (SSSR count). The maximum atomic E-state index is 12.7. The second-order valence-corrected chi connectivity index (χ2v) is 2.49. The van der Waals surface area contributed by atoms with Gasteiger partial charge in [-0.2, -0.15) is 0 Å². The van der Waals surface area contributed by atoms with Crippen LogP contribution in [0.1, 0.15) is 5.56 Å². The largest absolute Gasteiger partial charge is 0.496 e. The lowest BCUT2D eigenvalue weighted by molar-refractivity contribution is 0.406. The van der Waals surface area contributed by atoms with E-state index in [-0.39, 0.29) is 5.82 Å². The van der Waals surface area contributed by atoms with E-state index >= 15 is 0 Å². The lowest BCUT2D eigenvalue weighted by Crippen LogP contribution is -2.04. The third-order valence-corrected chi connectivity index (χ3v) is 1.66. The molecule has 0 fully saturated rings. The zero-order chi connectivity index (χ0) is 8.97. The summed E-state index contributed by atoms with van der Waals surface area (Å²) in [5.41, 5.74) is 6.32. The molecule has 0 atom stereocenters. The molecule has 0 saturated carbocycles. The Labute approximate surface area is 71.1 Å². The van der Waals surface area contributed by atoms with E-state index in [0.717, 1.165) is 5.56 Å². The highest BCUT2D eigenvalue weighted by atomic mass is 19.1. The average Bonchev–Trinajstić information content (AvgIpc) is 2.08. The van der Waals surface area contributed by atoms with E-state index in [9.17, 15) is 4.39 Å². The topological polar surface area (TPSA) is 35.2 Å². The first-order valence-corrected chi connectivity index (χ1v) is 3.80. The third-order valence-electron chi connectivity index (χ3n) is 1.66. The molecule has 1 aromatic carbocycles. The van der Waals surface area contributed by atoms with Crippen LogP contribution >= 0.6 is 0 Å². The minimum Gasteiger partial charge on any atom is -0.496 e. The molecule has 0 radical (unpaired) electrons. The van der Waals surface area contributed by atoms with Gasteiger partial charge in [0.2, 0.25) is 0 Å². The van der Waals surface area contributed by atoms with E-state index in [1.54, 1.807) is 6.07 Å². The lowest BCUT2D eigenvalue weighted by Gasteiger charge is -2.06. The fourth-order valence-electron chi connectivity index (χ4n) is 1.08. The zero-order valence-corrected chi connectivity index (χ0v) is 7.01. The number of rotatable bonds is 3. The van der Waals surface area contributed by atoms with E-state index in [1.807, 2.05) is 0 Å². The van der Waals surface area contributed by atoms with Crippen molar-refractivity contribution in [3.8, 4) is 5.75 Å². The van der Waals surface area contributed by atoms with Crippen molar-refractivity contribution < 1.29 is 9.13 Å². The Kier molecular flexibility index (Phi) is 3.05. The van der Waals surface area contributed by atoms with Crippen LogP contribution in [-0.4, -0.2) is 13.7 Å². The van der Waals surface area contributed by atoms with Crippen LogP contribution in [0.3, 0.4) is 0 Å². The van der Waals surface area contributed by atoms with Crippen LogP contribution in [0.25, 0.3) is 0 Å². The number of ether oxygens (including phenoxy) is 1. The summed E-state index contributed by atoms with van der Waals surface area (Å²) in [6, 6.07) is 4.47. The van der Waals surface area contributed by atoms with Gasteiger partial charge in [0.25, 0.3) is 0 Å². The van der Waals surface area contributed by atoms with Gasteiger partial charge in [0.05, 0.1) is 7.11 Å². The van der Waals surface area contributed by atoms with Crippen LogP contribution in [-0.2, 0) is 6.42 Å². The third kappa shape index (κ3) is 1.95. The minimum atomic E-state index is -0.285. The Bertz CT molecular complexity index is 263. The Balaban J connectivity index is 2.94. The van der Waals surface area contributed by atoms with E-state index in [0.29, 0.717) is 18.7 Å². The molecule has 1 aromatic rings. The summed E-state index contributed by atoms with van der Waals surface area (Å²) in [6.07, 6.45) is 0.712. The van der Waals surface area contributed by atoms with Crippen LogP contribution < -0.4 is 10.5 Å². The number of methoxy groups -OCH3 is 1. The number of benzene rings is 1. The molecule has 0 aliphatic carbocycles. The monoisotopic (exact) mass is 169 g/mol. The van der Waals surface area contributed by atoms with E-state index < -0.39 is 0 Å². The SMILES string of the molecule is COc1cc(F)ccc1CCN. The van der Waals surface area contributed by atoms with Gasteiger partial charge >= 0.3 is 0 Å². The summed E-state index contributed by atoms with van der Waals surface area (Å²) in [7, 11) is 1.52. The predicted octanol–water partition coefficient (Wildman–Crippen LogP) is 1.34. The highest BCUT2D eigenvalue weighted by Crippen LogP contribution is 2.19. The molecule has 0 unspecified atom stereocenters. The Hall–Kier alpha value is -1.09. The quantitative estimate of drug-likeness (QED) is 0.741. The van der Waals surface area contributed by atoms with Gasteiger partial charge in [0.1, 0.15) is 11.6 Å². The first-order valence-electron chi connectivity index (χ1n) is 3.80. The van der Waals surface area contributed by atoms with Gasteiger partial charge in [-0.3, -0.25) is 0 Å². The maximum absolute atomic E-state index is 12.7. The van der Waals surface area contributed by atoms with Crippen molar-refractivity contribution in [3.05, 3.63) is 29.6 Å². The van der Waals surface area contributed by atoms with Crippen molar-refractivity contribution in [1.82, 2.24) is 0 Å². The first kappa shape index (κ1) is 9.00. The molecule has 0 aliphatic rings. The summed E-state index contributed by atoms with van der Waals surface area (Å²) in [6.45, 7) is 0.544. The summed E-state index contributed by atoms with van der Waals surface area (Å²) in [5.74, 6) is 0.285. The molecule has 66 valence electrons. The molecule has 12 heavy (non-hydrogen) atoms. The number of hydrogen-bond acceptors (Lipinski definition) is 2. The lowest BCUT2D eigenvalue weighted by atomic mass is 10.1. The minimum absolute atomic E-state index is 0.285. The molecule has 0 spiro atoms. The van der Waals surface area contributed by atoms with Gasteiger partial charge < -0.3 is 10.5 Å². The summed E-state index contributed by atoms with van der Waals surface area (Å²) < 4.78 is 17.6. The second-order valence-electron chi connectivity index (χ2n) is 2.49. The standard InChI is InChI=1S/C9H12FNO/c1-12-9-6-8(10)3-2-7(9)4-5-11/h2-3,6H,4-5,11H2,1H3. The van der Waals surface area contributed by atoms with Crippen molar-refractivity contribution in [2.45, 2.75) is 6.42 Å². The smallest absolute Gasteiger partial charge is 0.126 e. The van der Waals surface area contributed by atoms with Crippen LogP contribution in [0, 0.1) is 5.82 Å². The Morgan fingerprint density at radius 3 is 2.83 bits per heavy atom. The summed E-state index contributed by atoms with van der Waals surface area (Å²) in [5, 5.41) is 0. The molecule has 2 nitrogen and oxygen atoms in total. The maximum Gasteiger partial charge on any atom is 0.126 e. The highest BCUT2D eigenvalue weighted by molar-refractivity contribution is 5.34. The van der Waals surface area contributed by atoms with Crippen LogP contribution in [0.5, 0.6) is 5.75 Å². The molecule has 3 heteroatoms. The van der Waals surface area contributed by atoms with Crippen molar-refractivity contribution >= 4 is 0 Å². The molecular formula is C9H12FNO. The van der Waals surface area contributed by atoms with E-state index in [4.69, 9.17) is 10.5 Å². The predicted molar refractivity (Wildman–Crippen MR) is 45.7 cm³/mol. The first-order chi connectivity index (χ1) is 5.77. The van der Waals surface area contributed by atoms with Crippen molar-refractivity contribution in [2.75, 3.05) is 13.7 Å². The van der Waals surface area contributed by atoms with Crippen molar-refractivity contribution in [3.63, 3.8) is 0 Å². The number of halogens is 1. The summed E-state index contributed by atoms with van der Waals surface area (Å²) in [4.78, 5) is 0. The van der Waals surface area contributed by atoms with Gasteiger partial charge in [-0.15, -0.1) is 0 Å². The Morgan fingerprint density at radius 1 is 1.50 bits per heavy atom. The zero-order valence-electron chi connectivity index (χ0n) is 7.01. The fourth-order valence-corrected chi connectivity index (χ4v) is 1.08. The normalized spacial score (nSPS) is 9.92. The van der Waals surface area contributed by atoms with Crippen molar-refractivity contribution in [1.29, 1.82) is 0 Å². The van der Waals surface area contributed by atoms with Crippen LogP contribution in [0.15, 0.2) is 18.2 Å². The molecular weight excluding hydrogens is 157 g/mol. The van der Waals surface area contributed by atoms with Crippen molar-refractivity contribution in [2.24, 2.45) is 5.73 Å².